The van der Waals surface area contributed by atoms with Gasteiger partial charge in [-0.3, -0.25) is 9.69 Å². The fourth-order valence-electron chi connectivity index (χ4n) is 3.44. The van der Waals surface area contributed by atoms with Crippen molar-refractivity contribution >= 4 is 46.3 Å². The number of carboxylic acids is 1. The molecule has 3 aromatic rings. The van der Waals surface area contributed by atoms with Gasteiger partial charge in [0.25, 0.3) is 5.91 Å². The van der Waals surface area contributed by atoms with E-state index in [1.165, 1.54) is 4.90 Å². The molecule has 2 heterocycles. The van der Waals surface area contributed by atoms with Crippen molar-refractivity contribution in [3.05, 3.63) is 71.3 Å². The smallest absolute Gasteiger partial charge is 0.266 e. The molecule has 1 aliphatic rings. The van der Waals surface area contributed by atoms with Crippen LogP contribution in [0.1, 0.15) is 25.8 Å². The summed E-state index contributed by atoms with van der Waals surface area (Å²) < 4.78 is 7.89. The van der Waals surface area contributed by atoms with Crippen LogP contribution in [0.25, 0.3) is 23.0 Å². The van der Waals surface area contributed by atoms with Gasteiger partial charge in [0.1, 0.15) is 10.1 Å². The molecule has 0 atom stereocenters. The summed E-state index contributed by atoms with van der Waals surface area (Å²) in [7, 11) is 0. The van der Waals surface area contributed by atoms with E-state index in [2.05, 4.69) is 13.8 Å². The van der Waals surface area contributed by atoms with Crippen molar-refractivity contribution < 1.29 is 19.4 Å². The van der Waals surface area contributed by atoms with Crippen molar-refractivity contribution in [2.75, 3.05) is 13.2 Å². The van der Waals surface area contributed by atoms with Gasteiger partial charge >= 0.3 is 0 Å². The van der Waals surface area contributed by atoms with Gasteiger partial charge in [-0.25, -0.2) is 4.68 Å². The van der Waals surface area contributed by atoms with Crippen molar-refractivity contribution in [3.8, 4) is 22.7 Å². The Bertz CT molecular complexity index is 1270. The number of rotatable bonds is 9. The maximum Gasteiger partial charge on any atom is 0.266 e. The predicted octanol–water partition coefficient (Wildman–Crippen LogP) is 3.92. The number of benzene rings is 2. The molecule has 0 N–H and O–H groups in total. The molecule has 35 heavy (non-hydrogen) atoms. The van der Waals surface area contributed by atoms with E-state index in [-0.39, 0.29) is 18.9 Å². The number of carbonyl (C=O) groups excluding carboxylic acids is 2. The molecule has 1 amide bonds. The molecule has 0 saturated carbocycles. The van der Waals surface area contributed by atoms with Crippen LogP contribution in [0.15, 0.2) is 65.7 Å². The Morgan fingerprint density at radius 2 is 1.89 bits per heavy atom. The van der Waals surface area contributed by atoms with Crippen LogP contribution in [0.4, 0.5) is 0 Å². The van der Waals surface area contributed by atoms with Gasteiger partial charge in [0.15, 0.2) is 0 Å². The van der Waals surface area contributed by atoms with E-state index in [0.717, 1.165) is 34.3 Å². The number of carboxylic acid groups (broad SMARTS) is 1. The third kappa shape index (κ3) is 5.98. The quantitative estimate of drug-likeness (QED) is 0.321. The number of carbonyl (C=O) groups is 2. The lowest BCUT2D eigenvalue weighted by atomic mass is 10.1. The van der Waals surface area contributed by atoms with Gasteiger partial charge in [-0.1, -0.05) is 56.0 Å². The molecule has 0 bridgehead atoms. The summed E-state index contributed by atoms with van der Waals surface area (Å²) in [5.74, 6) is -0.346. The number of para-hydroxylation sites is 1. The average molecular weight is 507 g/mol. The minimum absolute atomic E-state index is 0.0156. The van der Waals surface area contributed by atoms with E-state index < -0.39 is 5.97 Å². The first-order valence-electron chi connectivity index (χ1n) is 11.2. The molecule has 4 rings (SSSR count). The van der Waals surface area contributed by atoms with Crippen LogP contribution in [-0.4, -0.2) is 44.0 Å². The normalized spacial score (nSPS) is 14.8. The number of amides is 1. The van der Waals surface area contributed by atoms with E-state index in [1.54, 1.807) is 10.8 Å². The first kappa shape index (κ1) is 24.7. The molecular weight excluding hydrogens is 482 g/mol. The van der Waals surface area contributed by atoms with Crippen molar-refractivity contribution in [2.24, 2.45) is 5.92 Å². The predicted molar refractivity (Wildman–Crippen MR) is 139 cm³/mol. The first-order valence-corrected chi connectivity index (χ1v) is 12.4. The molecule has 7 nitrogen and oxygen atoms in total. The lowest BCUT2D eigenvalue weighted by Gasteiger charge is -2.14. The zero-order valence-corrected chi connectivity index (χ0v) is 21.0. The van der Waals surface area contributed by atoms with Gasteiger partial charge in [0.2, 0.25) is 0 Å². The lowest BCUT2D eigenvalue weighted by Crippen LogP contribution is -2.33. The number of hydrogen-bond acceptors (Lipinski definition) is 7. The van der Waals surface area contributed by atoms with Crippen LogP contribution in [0.5, 0.6) is 5.75 Å². The van der Waals surface area contributed by atoms with Crippen LogP contribution in [0.3, 0.4) is 0 Å². The lowest BCUT2D eigenvalue weighted by molar-refractivity contribution is -0.305. The van der Waals surface area contributed by atoms with Crippen LogP contribution < -0.4 is 9.84 Å². The summed E-state index contributed by atoms with van der Waals surface area (Å²) >= 11 is 6.45. The second kappa shape index (κ2) is 10.9. The molecule has 0 aliphatic carbocycles. The Hall–Kier alpha value is -3.43. The maximum absolute atomic E-state index is 12.9. The Morgan fingerprint density at radius 1 is 1.17 bits per heavy atom. The number of thioether (sulfide) groups is 1. The van der Waals surface area contributed by atoms with E-state index in [9.17, 15) is 14.7 Å². The second-order valence-electron chi connectivity index (χ2n) is 8.40. The molecule has 180 valence electrons. The fourth-order valence-corrected chi connectivity index (χ4v) is 4.74. The summed E-state index contributed by atoms with van der Waals surface area (Å²) in [5, 5.41) is 15.6. The number of hydrogen-bond donors (Lipinski definition) is 0. The molecule has 1 aromatic heterocycles. The van der Waals surface area contributed by atoms with Crippen molar-refractivity contribution in [2.45, 2.75) is 20.3 Å². The van der Waals surface area contributed by atoms with E-state index in [4.69, 9.17) is 22.1 Å². The minimum Gasteiger partial charge on any atom is -0.550 e. The van der Waals surface area contributed by atoms with Crippen molar-refractivity contribution in [1.82, 2.24) is 14.7 Å². The molecular formula is C26H24N3O4S2-. The highest BCUT2D eigenvalue weighted by atomic mass is 32.2. The first-order chi connectivity index (χ1) is 16.8. The number of aromatic nitrogens is 2. The van der Waals surface area contributed by atoms with Crippen molar-refractivity contribution in [1.29, 1.82) is 0 Å². The number of ether oxygens (including phenoxy) is 1. The molecule has 0 unspecified atom stereocenters. The highest BCUT2D eigenvalue weighted by molar-refractivity contribution is 8.26. The number of aliphatic carboxylic acids is 1. The average Bonchev–Trinajstić information content (AvgIpc) is 3.38. The third-order valence-corrected chi connectivity index (χ3v) is 6.55. The van der Waals surface area contributed by atoms with E-state index in [0.29, 0.717) is 27.4 Å². The van der Waals surface area contributed by atoms with Gasteiger partial charge in [-0.15, -0.1) is 0 Å². The van der Waals surface area contributed by atoms with Gasteiger partial charge < -0.3 is 14.6 Å². The zero-order valence-electron chi connectivity index (χ0n) is 19.3. The van der Waals surface area contributed by atoms with Crippen LogP contribution in [-0.2, 0) is 9.59 Å². The Labute approximate surface area is 213 Å². The second-order valence-corrected chi connectivity index (χ2v) is 10.1. The summed E-state index contributed by atoms with van der Waals surface area (Å²) in [5.41, 5.74) is 3.19. The standard InChI is InChI=1S/C26H25N3O4S2/c1-17(2)16-33-21-10-8-18(9-11-21)24-19(15-29(27-24)20-6-4-3-5-7-20)14-22-25(32)28(26(34)35-22)13-12-23(30)31/h3-11,14-15,17H,12-13,16H2,1-2H3,(H,30,31)/p-1/b22-14+. The largest absolute Gasteiger partial charge is 0.550 e. The molecule has 0 radical (unpaired) electrons. The SMILES string of the molecule is CC(C)COc1ccc(-c2nn(-c3ccccc3)cc2/C=C2/SC(=S)N(CCC(=O)[O-])C2=O)cc1. The van der Waals surface area contributed by atoms with Gasteiger partial charge in [-0.2, -0.15) is 5.10 Å². The summed E-state index contributed by atoms with van der Waals surface area (Å²) in [6, 6.07) is 17.4. The number of thiocarbonyl (C=S) groups is 1. The molecule has 1 fully saturated rings. The Morgan fingerprint density at radius 3 is 2.54 bits per heavy atom. The number of nitrogens with zero attached hydrogens (tertiary/aromatic N) is 3. The molecule has 2 aromatic carbocycles. The Balaban J connectivity index is 1.68. The summed E-state index contributed by atoms with van der Waals surface area (Å²) in [6.45, 7) is 4.81. The fraction of sp³-hybridized carbons (Fsp3) is 0.231. The van der Waals surface area contributed by atoms with Gasteiger partial charge in [0.05, 0.1) is 22.9 Å². The third-order valence-electron chi connectivity index (χ3n) is 5.17. The van der Waals surface area contributed by atoms with E-state index >= 15 is 0 Å². The molecule has 1 saturated heterocycles. The van der Waals surface area contributed by atoms with Crippen molar-refractivity contribution in [3.63, 3.8) is 0 Å². The van der Waals surface area contributed by atoms with Crippen LogP contribution >= 0.6 is 24.0 Å². The van der Waals surface area contributed by atoms with Gasteiger partial charge in [-0.05, 0) is 48.4 Å². The van der Waals surface area contributed by atoms with Crippen LogP contribution in [0.2, 0.25) is 0 Å². The maximum atomic E-state index is 12.9. The zero-order chi connectivity index (χ0) is 24.9. The highest BCUT2D eigenvalue weighted by Gasteiger charge is 2.32. The van der Waals surface area contributed by atoms with Crippen LogP contribution in [0, 0.1) is 5.92 Å². The van der Waals surface area contributed by atoms with Gasteiger partial charge in [0, 0.05) is 36.3 Å². The summed E-state index contributed by atoms with van der Waals surface area (Å²) in [6.07, 6.45) is 3.34. The molecule has 0 spiro atoms. The molecule has 9 heteroatoms. The topological polar surface area (TPSA) is 87.5 Å². The molecule has 1 aliphatic heterocycles. The Kier molecular flexibility index (Phi) is 7.67. The minimum atomic E-state index is -1.23. The van der Waals surface area contributed by atoms with E-state index in [1.807, 2.05) is 60.8 Å². The summed E-state index contributed by atoms with van der Waals surface area (Å²) in [4.78, 5) is 25.5. The monoisotopic (exact) mass is 506 g/mol. The highest BCUT2D eigenvalue weighted by Crippen LogP contribution is 2.35.